The molecule has 3 heterocycles. The lowest BCUT2D eigenvalue weighted by atomic mass is 9.64. The molecule has 3 rings (SSSR count). The van der Waals surface area contributed by atoms with Crippen molar-refractivity contribution in [3.8, 4) is 0 Å². The fourth-order valence-electron chi connectivity index (χ4n) is 4.82. The van der Waals surface area contributed by atoms with Gasteiger partial charge in [-0.1, -0.05) is 0 Å². The minimum absolute atomic E-state index is 0.890. The molecule has 0 bridgehead atoms. The molecule has 0 aliphatic carbocycles. The van der Waals surface area contributed by atoms with Crippen molar-refractivity contribution in [1.29, 1.82) is 0 Å². The zero-order valence-corrected chi connectivity index (χ0v) is 17.3. The van der Waals surface area contributed by atoms with Crippen LogP contribution in [0.15, 0.2) is 0 Å². The second-order valence-corrected chi connectivity index (χ2v) is 8.73. The number of aliphatic hydroxyl groups is 12. The maximum Gasteiger partial charge on any atom is 0.155 e. The van der Waals surface area contributed by atoms with Crippen LogP contribution in [0.5, 0.6) is 0 Å². The minimum atomic E-state index is -3.14. The van der Waals surface area contributed by atoms with Crippen LogP contribution >= 0.6 is 0 Å². The Labute approximate surface area is 187 Å². The van der Waals surface area contributed by atoms with Gasteiger partial charge in [0.2, 0.25) is 0 Å². The van der Waals surface area contributed by atoms with Crippen LogP contribution in [0, 0.1) is 0 Å². The second-order valence-electron chi connectivity index (χ2n) is 8.73. The summed E-state index contributed by atoms with van der Waals surface area (Å²) in [6.07, 6.45) is -23.3. The summed E-state index contributed by atoms with van der Waals surface area (Å²) in [5.74, 6) is 0. The van der Waals surface area contributed by atoms with Crippen LogP contribution in [0.1, 0.15) is 0 Å². The Hall–Kier alpha value is -0.600. The molecule has 0 aromatic carbocycles. The second kappa shape index (κ2) is 9.81. The van der Waals surface area contributed by atoms with Gasteiger partial charge in [0.05, 0.1) is 26.4 Å². The predicted octanol–water partition coefficient (Wildman–Crippen LogP) is -8.11. The molecule has 33 heavy (non-hydrogen) atoms. The number of rotatable bonds is 5. The Morgan fingerprint density at radius 2 is 1.00 bits per heavy atom. The lowest BCUT2D eigenvalue weighted by Gasteiger charge is -2.60. The van der Waals surface area contributed by atoms with E-state index in [1.54, 1.807) is 0 Å². The molecule has 0 spiro atoms. The smallest absolute Gasteiger partial charge is 0.155 e. The van der Waals surface area contributed by atoms with Gasteiger partial charge in [0.25, 0.3) is 0 Å². The third kappa shape index (κ3) is 4.00. The fraction of sp³-hybridized carbons (Fsp3) is 1.00. The zero-order valence-electron chi connectivity index (χ0n) is 17.3. The minimum Gasteiger partial charge on any atom is -0.394 e. The molecule has 3 aliphatic heterocycles. The first-order valence-electron chi connectivity index (χ1n) is 10.4. The largest absolute Gasteiger partial charge is 0.394 e. The van der Waals surface area contributed by atoms with E-state index in [-0.39, 0.29) is 0 Å². The van der Waals surface area contributed by atoms with Crippen LogP contribution in [0.3, 0.4) is 0 Å². The Kier molecular flexibility index (Phi) is 8.02. The number of ether oxygens (including phenoxy) is 3. The molecule has 0 radical (unpaired) electrons. The van der Waals surface area contributed by atoms with E-state index < -0.39 is 111 Å². The lowest BCUT2D eigenvalue weighted by molar-refractivity contribution is -0.391. The van der Waals surface area contributed by atoms with Crippen molar-refractivity contribution < 1.29 is 75.5 Å². The first kappa shape index (κ1) is 27.0. The molecule has 3 saturated heterocycles. The van der Waals surface area contributed by atoms with Crippen molar-refractivity contribution in [2.75, 3.05) is 26.4 Å². The van der Waals surface area contributed by atoms with Gasteiger partial charge in [0.1, 0.15) is 73.2 Å². The first-order chi connectivity index (χ1) is 15.4. The van der Waals surface area contributed by atoms with E-state index in [9.17, 15) is 61.3 Å². The van der Waals surface area contributed by atoms with Crippen molar-refractivity contribution in [3.63, 3.8) is 0 Å². The average Bonchev–Trinajstić information content (AvgIpc) is 2.80. The summed E-state index contributed by atoms with van der Waals surface area (Å²) in [6.45, 7) is -3.69. The van der Waals surface area contributed by atoms with E-state index in [0.29, 0.717) is 0 Å². The maximum atomic E-state index is 11.7. The van der Waals surface area contributed by atoms with Crippen LogP contribution in [-0.2, 0) is 14.2 Å². The average molecular weight is 488 g/mol. The summed E-state index contributed by atoms with van der Waals surface area (Å²) in [5, 5.41) is 124. The quantitative estimate of drug-likeness (QED) is 0.171. The number of hydrogen-bond acceptors (Lipinski definition) is 15. The molecule has 0 amide bonds. The van der Waals surface area contributed by atoms with E-state index in [1.165, 1.54) is 0 Å². The van der Waals surface area contributed by atoms with E-state index in [4.69, 9.17) is 14.2 Å². The van der Waals surface area contributed by atoms with E-state index in [1.807, 2.05) is 0 Å². The molecule has 15 nitrogen and oxygen atoms in total. The monoisotopic (exact) mass is 488 g/mol. The van der Waals surface area contributed by atoms with Crippen molar-refractivity contribution in [2.45, 2.75) is 84.4 Å². The summed E-state index contributed by atoms with van der Waals surface area (Å²) >= 11 is 0. The molecule has 3 aliphatic rings. The van der Waals surface area contributed by atoms with Gasteiger partial charge >= 0.3 is 0 Å². The van der Waals surface area contributed by atoms with Gasteiger partial charge in [0, 0.05) is 0 Å². The Morgan fingerprint density at radius 3 is 1.45 bits per heavy atom. The molecular weight excluding hydrogens is 456 g/mol. The van der Waals surface area contributed by atoms with Gasteiger partial charge in [-0.15, -0.1) is 0 Å². The third-order valence-electron chi connectivity index (χ3n) is 6.88. The van der Waals surface area contributed by atoms with Gasteiger partial charge in [-0.3, -0.25) is 0 Å². The van der Waals surface area contributed by atoms with Crippen LogP contribution in [-0.4, -0.2) is 172 Å². The standard InChI is InChI=1S/C18H32O15/c19-1-5-8(22)10(24)12(26)15(32-5)17(29)4-31-7(3-21)14(28)18(17,30)16-13(27)11(25)9(23)6(2-20)33-16/h5-16,19-30H,1-4H2/t5-,6-,7-,8-,9-,10+,11+,12-,13-,14-,15-,16-,17-,18-/m1/s1. The van der Waals surface area contributed by atoms with Gasteiger partial charge in [-0.05, 0) is 0 Å². The van der Waals surface area contributed by atoms with Gasteiger partial charge in [0.15, 0.2) is 11.2 Å². The van der Waals surface area contributed by atoms with Gasteiger partial charge in [-0.2, -0.15) is 0 Å². The molecule has 15 heteroatoms. The number of aliphatic hydroxyl groups excluding tert-OH is 10. The summed E-state index contributed by atoms with van der Waals surface area (Å²) in [7, 11) is 0. The molecule has 0 unspecified atom stereocenters. The van der Waals surface area contributed by atoms with Gasteiger partial charge < -0.3 is 75.5 Å². The summed E-state index contributed by atoms with van der Waals surface area (Å²) in [4.78, 5) is 0. The van der Waals surface area contributed by atoms with Crippen molar-refractivity contribution in [3.05, 3.63) is 0 Å². The zero-order chi connectivity index (χ0) is 24.9. The van der Waals surface area contributed by atoms with E-state index in [2.05, 4.69) is 0 Å². The van der Waals surface area contributed by atoms with E-state index >= 15 is 0 Å². The molecule has 3 fully saturated rings. The predicted molar refractivity (Wildman–Crippen MR) is 100 cm³/mol. The highest BCUT2D eigenvalue weighted by molar-refractivity contribution is 5.21. The summed E-state index contributed by atoms with van der Waals surface area (Å²) < 4.78 is 15.9. The molecule has 14 atom stereocenters. The molecule has 194 valence electrons. The Balaban J connectivity index is 2.11. The SMILES string of the molecule is OC[C@H]1O[C@@H]([C@]2(O)[C@H](O)[C@@H](CO)OC[C@@]2(O)[C@@H]2O[C@H](CO)[C@@H](O)[C@H](O)[C@H]2O)[C@H](O)[C@@H](O)[C@@H]1O. The van der Waals surface area contributed by atoms with Crippen molar-refractivity contribution in [1.82, 2.24) is 0 Å². The summed E-state index contributed by atoms with van der Waals surface area (Å²) in [6, 6.07) is 0. The van der Waals surface area contributed by atoms with Crippen molar-refractivity contribution >= 4 is 0 Å². The highest BCUT2D eigenvalue weighted by Gasteiger charge is 2.72. The topological polar surface area (TPSA) is 270 Å². The summed E-state index contributed by atoms with van der Waals surface area (Å²) in [5.41, 5.74) is -6.11. The Bertz CT molecular complexity index is 665. The van der Waals surface area contributed by atoms with Crippen LogP contribution in [0.25, 0.3) is 0 Å². The first-order valence-corrected chi connectivity index (χ1v) is 10.4. The molecule has 0 aromatic rings. The lowest BCUT2D eigenvalue weighted by Crippen LogP contribution is -2.85. The molecule has 12 N–H and O–H groups in total. The van der Waals surface area contributed by atoms with Crippen LogP contribution < -0.4 is 0 Å². The highest BCUT2D eigenvalue weighted by atomic mass is 16.6. The van der Waals surface area contributed by atoms with E-state index in [0.717, 1.165) is 0 Å². The number of hydrogen-bond donors (Lipinski definition) is 12. The molecule has 0 saturated carbocycles. The van der Waals surface area contributed by atoms with Gasteiger partial charge in [-0.25, -0.2) is 0 Å². The third-order valence-corrected chi connectivity index (χ3v) is 6.88. The normalized spacial score (nSPS) is 56.0. The van der Waals surface area contributed by atoms with Crippen molar-refractivity contribution in [2.24, 2.45) is 0 Å². The molecular formula is C18H32O15. The maximum absolute atomic E-state index is 11.7. The van der Waals surface area contributed by atoms with Crippen LogP contribution in [0.4, 0.5) is 0 Å². The highest BCUT2D eigenvalue weighted by Crippen LogP contribution is 2.46. The Morgan fingerprint density at radius 1 is 0.576 bits per heavy atom. The van der Waals surface area contributed by atoms with Crippen LogP contribution in [0.2, 0.25) is 0 Å². The molecule has 0 aromatic heterocycles. The fourth-order valence-corrected chi connectivity index (χ4v) is 4.82.